The van der Waals surface area contributed by atoms with Crippen LogP contribution in [-0.4, -0.2) is 42.5 Å². The molecule has 5 rings (SSSR count). The van der Waals surface area contributed by atoms with Crippen molar-refractivity contribution in [2.24, 2.45) is 11.8 Å². The fourth-order valence-electron chi connectivity index (χ4n) is 6.31. The van der Waals surface area contributed by atoms with E-state index < -0.39 is 5.54 Å². The summed E-state index contributed by atoms with van der Waals surface area (Å²) in [5.41, 5.74) is 2.58. The van der Waals surface area contributed by atoms with E-state index in [0.717, 1.165) is 32.1 Å². The zero-order valence-corrected chi connectivity index (χ0v) is 20.3. The summed E-state index contributed by atoms with van der Waals surface area (Å²) in [6.45, 7) is 1.61. The molecule has 2 amide bonds. The average Bonchev–Trinajstić information content (AvgIpc) is 3.67. The molecule has 2 aromatic rings. The number of anilines is 1. The monoisotopic (exact) mass is 462 g/mol. The SMILES string of the molecule is COc1ccc(NC(=O)[C@]2(N(C(C)=O)C3CC3)CC[C@H]3Cc4ccccc4C[C@H]3C2)c(OC)c1. The molecular weight excluding hydrogens is 428 g/mol. The molecule has 0 radical (unpaired) electrons. The Morgan fingerprint density at radius 2 is 1.68 bits per heavy atom. The normalized spacial score (nSPS) is 25.5. The predicted molar refractivity (Wildman–Crippen MR) is 131 cm³/mol. The van der Waals surface area contributed by atoms with Gasteiger partial charge in [-0.15, -0.1) is 0 Å². The van der Waals surface area contributed by atoms with Gasteiger partial charge in [0.1, 0.15) is 17.0 Å². The first-order chi connectivity index (χ1) is 16.4. The van der Waals surface area contributed by atoms with E-state index in [9.17, 15) is 9.59 Å². The zero-order chi connectivity index (χ0) is 23.9. The standard InChI is InChI=1S/C28H34N2O4/c1-18(31)30(23-8-9-23)28(27(32)29-25-11-10-24(33-2)16-26(25)34-3)13-12-21-14-19-6-4-5-7-20(19)15-22(21)17-28/h4-7,10-11,16,21-23H,8-9,12-15,17H2,1-3H3,(H,29,32)/t21-,22-,28-/m0/s1. The van der Waals surface area contributed by atoms with E-state index in [1.807, 2.05) is 11.0 Å². The fourth-order valence-corrected chi connectivity index (χ4v) is 6.31. The second kappa shape index (κ2) is 8.97. The highest BCUT2D eigenvalue weighted by Gasteiger charge is 2.55. The predicted octanol–water partition coefficient (Wildman–Crippen LogP) is 4.61. The highest BCUT2D eigenvalue weighted by Crippen LogP contribution is 2.49. The third-order valence-electron chi connectivity index (χ3n) is 8.07. The number of benzene rings is 2. The number of methoxy groups -OCH3 is 2. The fraction of sp³-hybridized carbons (Fsp3) is 0.500. The van der Waals surface area contributed by atoms with Crippen LogP contribution < -0.4 is 14.8 Å². The molecule has 0 aromatic heterocycles. The van der Waals surface area contributed by atoms with Crippen molar-refractivity contribution in [2.45, 2.75) is 63.5 Å². The number of nitrogens with zero attached hydrogens (tertiary/aromatic N) is 1. The first-order valence-electron chi connectivity index (χ1n) is 12.4. The van der Waals surface area contributed by atoms with Gasteiger partial charge in [0, 0.05) is 19.0 Å². The third-order valence-corrected chi connectivity index (χ3v) is 8.07. The lowest BCUT2D eigenvalue weighted by Gasteiger charge is -2.51. The van der Waals surface area contributed by atoms with Gasteiger partial charge in [0.25, 0.3) is 0 Å². The molecule has 6 heteroatoms. The molecule has 3 aliphatic rings. The summed E-state index contributed by atoms with van der Waals surface area (Å²) in [5.74, 6) is 2.04. The second-order valence-corrected chi connectivity index (χ2v) is 10.1. The molecule has 6 nitrogen and oxygen atoms in total. The van der Waals surface area contributed by atoms with Crippen molar-refractivity contribution in [3.63, 3.8) is 0 Å². The highest BCUT2D eigenvalue weighted by atomic mass is 16.5. The van der Waals surface area contributed by atoms with Crippen molar-refractivity contribution in [1.82, 2.24) is 4.90 Å². The Balaban J connectivity index is 1.48. The van der Waals surface area contributed by atoms with Crippen LogP contribution in [-0.2, 0) is 22.4 Å². The maximum atomic E-state index is 14.1. The zero-order valence-electron chi connectivity index (χ0n) is 20.3. The number of rotatable bonds is 6. The summed E-state index contributed by atoms with van der Waals surface area (Å²) in [6.07, 6.45) is 6.31. The number of hydrogen-bond donors (Lipinski definition) is 1. The van der Waals surface area contributed by atoms with E-state index in [4.69, 9.17) is 9.47 Å². The number of hydrogen-bond acceptors (Lipinski definition) is 4. The number of nitrogens with one attached hydrogen (secondary N) is 1. The number of carbonyl (C=O) groups is 2. The van der Waals surface area contributed by atoms with Crippen molar-refractivity contribution in [3.8, 4) is 11.5 Å². The molecule has 180 valence electrons. The van der Waals surface area contributed by atoms with E-state index >= 15 is 0 Å². The van der Waals surface area contributed by atoms with Gasteiger partial charge in [0.05, 0.1) is 19.9 Å². The number of fused-ring (bicyclic) bond motifs is 2. The molecule has 1 N–H and O–H groups in total. The second-order valence-electron chi connectivity index (χ2n) is 10.1. The van der Waals surface area contributed by atoms with Crippen LogP contribution in [0.1, 0.15) is 50.2 Å². The largest absolute Gasteiger partial charge is 0.497 e. The Morgan fingerprint density at radius 1 is 0.971 bits per heavy atom. The van der Waals surface area contributed by atoms with Crippen LogP contribution in [0.5, 0.6) is 11.5 Å². The average molecular weight is 463 g/mol. The van der Waals surface area contributed by atoms with Crippen LogP contribution in [0.4, 0.5) is 5.69 Å². The third kappa shape index (κ3) is 4.04. The molecule has 0 spiro atoms. The van der Waals surface area contributed by atoms with Crippen molar-refractivity contribution in [1.29, 1.82) is 0 Å². The van der Waals surface area contributed by atoms with Crippen LogP contribution in [0.2, 0.25) is 0 Å². The van der Waals surface area contributed by atoms with Crippen LogP contribution in [0.3, 0.4) is 0 Å². The molecule has 3 aliphatic carbocycles. The summed E-state index contributed by atoms with van der Waals surface area (Å²) < 4.78 is 10.8. The molecule has 0 unspecified atom stereocenters. The lowest BCUT2D eigenvalue weighted by Crippen LogP contribution is -2.62. The minimum absolute atomic E-state index is 0.00555. The van der Waals surface area contributed by atoms with E-state index in [1.54, 1.807) is 33.3 Å². The Morgan fingerprint density at radius 3 is 2.29 bits per heavy atom. The topological polar surface area (TPSA) is 67.9 Å². The quantitative estimate of drug-likeness (QED) is 0.681. The van der Waals surface area contributed by atoms with Gasteiger partial charge in [-0.25, -0.2) is 0 Å². The van der Waals surface area contributed by atoms with Gasteiger partial charge < -0.3 is 19.7 Å². The molecule has 2 fully saturated rings. The Labute approximate surface area is 201 Å². The summed E-state index contributed by atoms with van der Waals surface area (Å²) in [5, 5.41) is 3.14. The van der Waals surface area contributed by atoms with E-state index in [2.05, 4.69) is 29.6 Å². The van der Waals surface area contributed by atoms with Gasteiger partial charge in [-0.2, -0.15) is 0 Å². The molecule has 0 saturated heterocycles. The van der Waals surface area contributed by atoms with Gasteiger partial charge >= 0.3 is 0 Å². The van der Waals surface area contributed by atoms with Gasteiger partial charge in [-0.05, 0) is 80.0 Å². The minimum Gasteiger partial charge on any atom is -0.497 e. The molecule has 0 aliphatic heterocycles. The molecule has 0 heterocycles. The first-order valence-corrected chi connectivity index (χ1v) is 12.4. The van der Waals surface area contributed by atoms with Gasteiger partial charge in [0.2, 0.25) is 11.8 Å². The number of ether oxygens (including phenoxy) is 2. The molecule has 34 heavy (non-hydrogen) atoms. The number of amides is 2. The molecule has 0 bridgehead atoms. The van der Waals surface area contributed by atoms with E-state index in [-0.39, 0.29) is 17.9 Å². The molecule has 3 atom stereocenters. The van der Waals surface area contributed by atoms with Crippen LogP contribution in [0.15, 0.2) is 42.5 Å². The smallest absolute Gasteiger partial charge is 0.250 e. The van der Waals surface area contributed by atoms with Gasteiger partial charge in [0.15, 0.2) is 0 Å². The lowest BCUT2D eigenvalue weighted by molar-refractivity contribution is -0.149. The molecule has 2 saturated carbocycles. The van der Waals surface area contributed by atoms with Crippen molar-refractivity contribution in [3.05, 3.63) is 53.6 Å². The number of carbonyl (C=O) groups excluding carboxylic acids is 2. The van der Waals surface area contributed by atoms with Crippen molar-refractivity contribution < 1.29 is 19.1 Å². The highest BCUT2D eigenvalue weighted by molar-refractivity contribution is 6.01. The Bertz CT molecular complexity index is 1100. The van der Waals surface area contributed by atoms with E-state index in [1.165, 1.54) is 11.1 Å². The van der Waals surface area contributed by atoms with Gasteiger partial charge in [-0.3, -0.25) is 9.59 Å². The Kier molecular flexibility index (Phi) is 6.00. The molecule has 2 aromatic carbocycles. The maximum Gasteiger partial charge on any atom is 0.250 e. The van der Waals surface area contributed by atoms with Gasteiger partial charge in [-0.1, -0.05) is 24.3 Å². The minimum atomic E-state index is -0.842. The lowest BCUT2D eigenvalue weighted by atomic mass is 9.62. The Hall–Kier alpha value is -3.02. The van der Waals surface area contributed by atoms with Crippen LogP contribution in [0.25, 0.3) is 0 Å². The van der Waals surface area contributed by atoms with Crippen LogP contribution in [0, 0.1) is 11.8 Å². The molecular formula is C28H34N2O4. The van der Waals surface area contributed by atoms with Crippen LogP contribution >= 0.6 is 0 Å². The summed E-state index contributed by atoms with van der Waals surface area (Å²) in [7, 11) is 3.18. The summed E-state index contributed by atoms with van der Waals surface area (Å²) in [4.78, 5) is 29.0. The van der Waals surface area contributed by atoms with E-state index in [0.29, 0.717) is 41.9 Å². The van der Waals surface area contributed by atoms with Crippen molar-refractivity contribution >= 4 is 17.5 Å². The summed E-state index contributed by atoms with van der Waals surface area (Å²) >= 11 is 0. The van der Waals surface area contributed by atoms with Crippen molar-refractivity contribution in [2.75, 3.05) is 19.5 Å². The summed E-state index contributed by atoms with van der Waals surface area (Å²) in [6, 6.07) is 14.2. The first kappa shape index (κ1) is 22.8. The maximum absolute atomic E-state index is 14.1.